The van der Waals surface area contributed by atoms with Gasteiger partial charge in [0.15, 0.2) is 0 Å². The fourth-order valence-corrected chi connectivity index (χ4v) is 4.89. The summed E-state index contributed by atoms with van der Waals surface area (Å²) < 4.78 is 51.3. The van der Waals surface area contributed by atoms with Crippen LogP contribution < -0.4 is 5.32 Å². The number of aromatic nitrogens is 2. The van der Waals surface area contributed by atoms with Gasteiger partial charge in [0.2, 0.25) is 21.7 Å². The molecule has 1 fully saturated rings. The van der Waals surface area contributed by atoms with Crippen LogP contribution in [0.3, 0.4) is 0 Å². The van der Waals surface area contributed by atoms with E-state index in [1.165, 1.54) is 27.8 Å². The molecule has 0 aliphatic carbocycles. The van der Waals surface area contributed by atoms with Crippen LogP contribution in [0.4, 0.5) is 10.1 Å². The smallest absolute Gasteiger partial charge is 0.246 e. The largest absolute Gasteiger partial charge is 0.379 e. The van der Waals surface area contributed by atoms with Gasteiger partial charge in [-0.1, -0.05) is 11.2 Å². The van der Waals surface area contributed by atoms with Crippen molar-refractivity contribution < 1.29 is 22.1 Å². The molecular weight excluding hydrogens is 407 g/mol. The molecule has 0 bridgehead atoms. The zero-order chi connectivity index (χ0) is 19.6. The maximum absolute atomic E-state index is 14.2. The number of nitrogens with one attached hydrogen (secondary N) is 1. The standard InChI is InChI=1S/C17H17FN4O4S2/c18-13-4-3-12(10-15(13)28(23,24)22-5-7-25-8-6-22)19-11-16-20-17(21-26-16)14-2-1-9-27-14/h1-4,9-10,19H,5-8,11H2. The predicted octanol–water partition coefficient (Wildman–Crippen LogP) is 2.57. The second kappa shape index (κ2) is 7.95. The molecule has 1 aliphatic heterocycles. The molecule has 28 heavy (non-hydrogen) atoms. The van der Waals surface area contributed by atoms with Crippen molar-refractivity contribution in [1.29, 1.82) is 0 Å². The van der Waals surface area contributed by atoms with Crippen LogP contribution in [0.5, 0.6) is 0 Å². The Labute approximate surface area is 165 Å². The van der Waals surface area contributed by atoms with Gasteiger partial charge >= 0.3 is 0 Å². The molecule has 11 heteroatoms. The number of ether oxygens (including phenoxy) is 1. The van der Waals surface area contributed by atoms with Crippen LogP contribution in [-0.2, 0) is 21.3 Å². The number of hydrogen-bond acceptors (Lipinski definition) is 8. The monoisotopic (exact) mass is 424 g/mol. The maximum Gasteiger partial charge on any atom is 0.246 e. The van der Waals surface area contributed by atoms with Crippen molar-refractivity contribution in [1.82, 2.24) is 14.4 Å². The Morgan fingerprint density at radius 1 is 1.25 bits per heavy atom. The molecule has 8 nitrogen and oxygen atoms in total. The van der Waals surface area contributed by atoms with Crippen molar-refractivity contribution in [3.05, 3.63) is 47.4 Å². The lowest BCUT2D eigenvalue weighted by molar-refractivity contribution is 0.0729. The van der Waals surface area contributed by atoms with E-state index < -0.39 is 15.8 Å². The SMILES string of the molecule is O=S(=O)(c1cc(NCc2nc(-c3cccs3)no2)ccc1F)N1CCOCC1. The minimum atomic E-state index is -3.94. The number of nitrogens with zero attached hydrogens (tertiary/aromatic N) is 3. The quantitative estimate of drug-likeness (QED) is 0.649. The molecular formula is C17H17FN4O4S2. The van der Waals surface area contributed by atoms with Gasteiger partial charge in [-0.25, -0.2) is 12.8 Å². The molecule has 1 aromatic carbocycles. The maximum atomic E-state index is 14.2. The number of morpholine rings is 1. The summed E-state index contributed by atoms with van der Waals surface area (Å²) in [6.07, 6.45) is 0. The fourth-order valence-electron chi connectivity index (χ4n) is 2.75. The van der Waals surface area contributed by atoms with E-state index in [0.29, 0.717) is 30.6 Å². The molecule has 2 aromatic heterocycles. The highest BCUT2D eigenvalue weighted by Gasteiger charge is 2.29. The second-order valence-electron chi connectivity index (χ2n) is 6.00. The zero-order valence-corrected chi connectivity index (χ0v) is 16.3. The summed E-state index contributed by atoms with van der Waals surface area (Å²) in [7, 11) is -3.94. The first kappa shape index (κ1) is 19.0. The minimum absolute atomic E-state index is 0.182. The number of anilines is 1. The molecule has 0 amide bonds. The van der Waals surface area contributed by atoms with Gasteiger partial charge in [0.05, 0.1) is 24.6 Å². The van der Waals surface area contributed by atoms with Crippen molar-refractivity contribution in [3.63, 3.8) is 0 Å². The van der Waals surface area contributed by atoms with Crippen LogP contribution in [0.25, 0.3) is 10.7 Å². The van der Waals surface area contributed by atoms with Gasteiger partial charge in [0.25, 0.3) is 0 Å². The molecule has 3 aromatic rings. The van der Waals surface area contributed by atoms with Crippen molar-refractivity contribution in [2.24, 2.45) is 0 Å². The van der Waals surface area contributed by atoms with Crippen LogP contribution in [0, 0.1) is 5.82 Å². The second-order valence-corrected chi connectivity index (χ2v) is 8.86. The van der Waals surface area contributed by atoms with E-state index in [1.807, 2.05) is 17.5 Å². The lowest BCUT2D eigenvalue weighted by Gasteiger charge is -2.26. The first-order valence-electron chi connectivity index (χ1n) is 8.52. The average molecular weight is 424 g/mol. The molecule has 1 aliphatic rings. The van der Waals surface area contributed by atoms with E-state index >= 15 is 0 Å². The number of hydrogen-bond donors (Lipinski definition) is 1. The van der Waals surface area contributed by atoms with Crippen LogP contribution in [0.2, 0.25) is 0 Å². The molecule has 0 atom stereocenters. The Morgan fingerprint density at radius 3 is 2.82 bits per heavy atom. The molecule has 0 saturated carbocycles. The molecule has 0 unspecified atom stereocenters. The van der Waals surface area contributed by atoms with E-state index in [9.17, 15) is 12.8 Å². The van der Waals surface area contributed by atoms with Gasteiger partial charge < -0.3 is 14.6 Å². The number of sulfonamides is 1. The van der Waals surface area contributed by atoms with Crippen molar-refractivity contribution in [3.8, 4) is 10.7 Å². The summed E-state index contributed by atoms with van der Waals surface area (Å²) in [6.45, 7) is 1.17. The van der Waals surface area contributed by atoms with E-state index in [4.69, 9.17) is 9.26 Å². The molecule has 148 valence electrons. The van der Waals surface area contributed by atoms with E-state index in [-0.39, 0.29) is 24.5 Å². The van der Waals surface area contributed by atoms with Crippen LogP contribution in [0.15, 0.2) is 45.1 Å². The lowest BCUT2D eigenvalue weighted by atomic mass is 10.3. The summed E-state index contributed by atoms with van der Waals surface area (Å²) in [5, 5.41) is 8.82. The minimum Gasteiger partial charge on any atom is -0.379 e. The van der Waals surface area contributed by atoms with Gasteiger partial charge in [-0.15, -0.1) is 11.3 Å². The summed E-state index contributed by atoms with van der Waals surface area (Å²) >= 11 is 1.50. The number of rotatable bonds is 6. The third-order valence-corrected chi connectivity index (χ3v) is 6.95. The van der Waals surface area contributed by atoms with Crippen LogP contribution in [0.1, 0.15) is 5.89 Å². The Morgan fingerprint density at radius 2 is 2.07 bits per heavy atom. The zero-order valence-electron chi connectivity index (χ0n) is 14.7. The number of thiophene rings is 1. The van der Waals surface area contributed by atoms with E-state index in [1.54, 1.807) is 0 Å². The number of benzene rings is 1. The topological polar surface area (TPSA) is 97.6 Å². The first-order valence-corrected chi connectivity index (χ1v) is 10.8. The third kappa shape index (κ3) is 3.92. The molecule has 3 heterocycles. The molecule has 1 saturated heterocycles. The average Bonchev–Trinajstić information content (AvgIpc) is 3.39. The molecule has 0 radical (unpaired) electrons. The van der Waals surface area contributed by atoms with Crippen LogP contribution in [-0.4, -0.2) is 49.2 Å². The highest BCUT2D eigenvalue weighted by Crippen LogP contribution is 2.25. The highest BCUT2D eigenvalue weighted by molar-refractivity contribution is 7.89. The van der Waals surface area contributed by atoms with Crippen molar-refractivity contribution in [2.75, 3.05) is 31.6 Å². The van der Waals surface area contributed by atoms with Gasteiger partial charge in [-0.3, -0.25) is 0 Å². The van der Waals surface area contributed by atoms with Crippen molar-refractivity contribution >= 4 is 27.0 Å². The summed E-state index contributed by atoms with van der Waals surface area (Å²) in [4.78, 5) is 4.80. The predicted molar refractivity (Wildman–Crippen MR) is 101 cm³/mol. The highest BCUT2D eigenvalue weighted by atomic mass is 32.2. The summed E-state index contributed by atoms with van der Waals surface area (Å²) in [6, 6.07) is 7.64. The first-order chi connectivity index (χ1) is 13.5. The summed E-state index contributed by atoms with van der Waals surface area (Å²) in [5.74, 6) is 0.0293. The van der Waals surface area contributed by atoms with Gasteiger partial charge in [-0.05, 0) is 29.6 Å². The molecule has 1 N–H and O–H groups in total. The Kier molecular flexibility index (Phi) is 5.40. The van der Waals surface area contributed by atoms with Crippen LogP contribution >= 0.6 is 11.3 Å². The molecule has 4 rings (SSSR count). The molecule has 0 spiro atoms. The van der Waals surface area contributed by atoms with E-state index in [2.05, 4.69) is 15.5 Å². The Balaban J connectivity index is 1.49. The fraction of sp³-hybridized carbons (Fsp3) is 0.294. The Hall–Kier alpha value is -2.34. The third-order valence-electron chi connectivity index (χ3n) is 4.17. The summed E-state index contributed by atoms with van der Waals surface area (Å²) in [5.41, 5.74) is 0.434. The van der Waals surface area contributed by atoms with Gasteiger partial charge in [0, 0.05) is 18.8 Å². The number of halogens is 1. The van der Waals surface area contributed by atoms with Gasteiger partial charge in [-0.2, -0.15) is 9.29 Å². The van der Waals surface area contributed by atoms with Crippen molar-refractivity contribution in [2.45, 2.75) is 11.4 Å². The Bertz CT molecular complexity index is 1050. The normalized spacial score (nSPS) is 15.6. The lowest BCUT2D eigenvalue weighted by Crippen LogP contribution is -2.40. The van der Waals surface area contributed by atoms with E-state index in [0.717, 1.165) is 10.9 Å². The van der Waals surface area contributed by atoms with Gasteiger partial charge in [0.1, 0.15) is 10.7 Å².